The van der Waals surface area contributed by atoms with Gasteiger partial charge in [-0.15, -0.1) is 0 Å². The van der Waals surface area contributed by atoms with E-state index in [4.69, 9.17) is 5.73 Å². The third-order valence-electron chi connectivity index (χ3n) is 3.33. The van der Waals surface area contributed by atoms with E-state index in [2.05, 4.69) is 15.9 Å². The molecule has 0 bridgehead atoms. The number of hydrogen-bond donors (Lipinski definition) is 1. The van der Waals surface area contributed by atoms with Crippen LogP contribution in [0.5, 0.6) is 0 Å². The van der Waals surface area contributed by atoms with Crippen molar-refractivity contribution >= 4 is 21.6 Å². The highest BCUT2D eigenvalue weighted by molar-refractivity contribution is 9.10. The lowest BCUT2D eigenvalue weighted by atomic mass is 9.88. The Morgan fingerprint density at radius 3 is 2.44 bits per heavy atom. The Hall–Kier alpha value is -0.750. The van der Waals surface area contributed by atoms with Crippen LogP contribution in [0.4, 0.5) is 18.9 Å². The highest BCUT2D eigenvalue weighted by atomic mass is 79.9. The summed E-state index contributed by atoms with van der Waals surface area (Å²) >= 11 is 3.19. The highest BCUT2D eigenvalue weighted by Gasteiger charge is 2.39. The van der Waals surface area contributed by atoms with Gasteiger partial charge in [-0.2, -0.15) is 13.2 Å². The zero-order chi connectivity index (χ0) is 13.6. The van der Waals surface area contributed by atoms with Crippen LogP contribution in [-0.2, 0) is 6.18 Å². The Morgan fingerprint density at radius 1 is 1.39 bits per heavy atom. The highest BCUT2D eigenvalue weighted by Crippen LogP contribution is 2.38. The van der Waals surface area contributed by atoms with Crippen molar-refractivity contribution in [2.24, 2.45) is 5.73 Å². The van der Waals surface area contributed by atoms with E-state index in [9.17, 15) is 13.2 Å². The van der Waals surface area contributed by atoms with Crippen molar-refractivity contribution in [1.82, 2.24) is 0 Å². The number of nitrogens with two attached hydrogens (primary N) is 1. The Bertz CT molecular complexity index is 453. The van der Waals surface area contributed by atoms with Gasteiger partial charge in [0.05, 0.1) is 16.8 Å². The molecule has 1 fully saturated rings. The van der Waals surface area contributed by atoms with Gasteiger partial charge in [0.25, 0.3) is 0 Å². The predicted octanol–water partition coefficient (Wildman–Crippen LogP) is 3.40. The molecule has 0 saturated carbocycles. The minimum Gasteiger partial charge on any atom is -0.367 e. The molecular formula is C12H14BrF3N2. The van der Waals surface area contributed by atoms with Crippen LogP contribution < -0.4 is 10.6 Å². The first-order valence-electron chi connectivity index (χ1n) is 5.66. The fourth-order valence-electron chi connectivity index (χ4n) is 2.05. The molecule has 0 atom stereocenters. The molecule has 1 heterocycles. The molecule has 0 radical (unpaired) electrons. The molecule has 18 heavy (non-hydrogen) atoms. The topological polar surface area (TPSA) is 29.3 Å². The van der Waals surface area contributed by atoms with Crippen LogP contribution >= 0.6 is 15.9 Å². The molecular weight excluding hydrogens is 309 g/mol. The van der Waals surface area contributed by atoms with Gasteiger partial charge in [-0.3, -0.25) is 0 Å². The largest absolute Gasteiger partial charge is 0.416 e. The summed E-state index contributed by atoms with van der Waals surface area (Å²) in [6, 6.07) is 3.70. The van der Waals surface area contributed by atoms with E-state index < -0.39 is 11.7 Å². The van der Waals surface area contributed by atoms with E-state index in [-0.39, 0.29) is 5.54 Å². The second-order valence-electron chi connectivity index (χ2n) is 4.74. The lowest BCUT2D eigenvalue weighted by molar-refractivity contribution is -0.137. The summed E-state index contributed by atoms with van der Waals surface area (Å²) in [5.74, 6) is 0. The second-order valence-corrected chi connectivity index (χ2v) is 5.59. The Balaban J connectivity index is 2.18. The van der Waals surface area contributed by atoms with Crippen molar-refractivity contribution in [3.8, 4) is 0 Å². The van der Waals surface area contributed by atoms with Crippen molar-refractivity contribution in [2.45, 2.75) is 25.1 Å². The van der Waals surface area contributed by atoms with Crippen LogP contribution in [0.1, 0.15) is 18.9 Å². The van der Waals surface area contributed by atoms with E-state index in [0.29, 0.717) is 17.6 Å². The van der Waals surface area contributed by atoms with Gasteiger partial charge in [0, 0.05) is 17.6 Å². The van der Waals surface area contributed by atoms with Crippen molar-refractivity contribution < 1.29 is 13.2 Å². The molecule has 100 valence electrons. The van der Waals surface area contributed by atoms with E-state index >= 15 is 0 Å². The molecule has 1 aliphatic rings. The minimum absolute atomic E-state index is 0.206. The standard InChI is InChI=1S/C12H14BrF3N2/c1-2-11(17)6-18(7-11)10-4-3-8(5-9(10)13)12(14,15)16/h3-5H,2,6-7,17H2,1H3. The minimum atomic E-state index is -4.31. The lowest BCUT2D eigenvalue weighted by Gasteiger charge is -2.49. The SMILES string of the molecule is CCC1(N)CN(c2ccc(C(F)(F)F)cc2Br)C1. The van der Waals surface area contributed by atoms with Gasteiger partial charge < -0.3 is 10.6 Å². The van der Waals surface area contributed by atoms with Crippen molar-refractivity contribution in [1.29, 1.82) is 0 Å². The average molecular weight is 323 g/mol. The summed E-state index contributed by atoms with van der Waals surface area (Å²) in [7, 11) is 0. The summed E-state index contributed by atoms with van der Waals surface area (Å²) in [6.07, 6.45) is -3.45. The number of halogens is 4. The first-order chi connectivity index (χ1) is 8.25. The first kappa shape index (κ1) is 13.7. The van der Waals surface area contributed by atoms with Gasteiger partial charge >= 0.3 is 6.18 Å². The van der Waals surface area contributed by atoms with E-state index in [1.165, 1.54) is 6.07 Å². The predicted molar refractivity (Wildman–Crippen MR) is 68.6 cm³/mol. The number of rotatable bonds is 2. The Kier molecular flexibility index (Phi) is 3.36. The van der Waals surface area contributed by atoms with E-state index in [0.717, 1.165) is 24.2 Å². The summed E-state index contributed by atoms with van der Waals surface area (Å²) in [5, 5.41) is 0. The number of hydrogen-bond acceptors (Lipinski definition) is 2. The van der Waals surface area contributed by atoms with Crippen LogP contribution in [0.25, 0.3) is 0 Å². The fourth-order valence-corrected chi connectivity index (χ4v) is 2.68. The second kappa shape index (κ2) is 4.42. The molecule has 2 rings (SSSR count). The molecule has 2 N–H and O–H groups in total. The van der Waals surface area contributed by atoms with Gasteiger partial charge in [0.1, 0.15) is 0 Å². The van der Waals surface area contributed by atoms with Crippen molar-refractivity contribution in [3.05, 3.63) is 28.2 Å². The van der Waals surface area contributed by atoms with Crippen LogP contribution in [-0.4, -0.2) is 18.6 Å². The smallest absolute Gasteiger partial charge is 0.367 e. The van der Waals surface area contributed by atoms with Gasteiger partial charge in [0.15, 0.2) is 0 Å². The fraction of sp³-hybridized carbons (Fsp3) is 0.500. The van der Waals surface area contributed by atoms with E-state index in [1.807, 2.05) is 11.8 Å². The van der Waals surface area contributed by atoms with Crippen LogP contribution in [0.2, 0.25) is 0 Å². The van der Waals surface area contributed by atoms with Crippen molar-refractivity contribution in [3.63, 3.8) is 0 Å². The van der Waals surface area contributed by atoms with Gasteiger partial charge in [-0.1, -0.05) is 6.92 Å². The monoisotopic (exact) mass is 322 g/mol. The number of nitrogens with zero attached hydrogens (tertiary/aromatic N) is 1. The lowest BCUT2D eigenvalue weighted by Crippen LogP contribution is -2.67. The van der Waals surface area contributed by atoms with Crippen LogP contribution in [0.15, 0.2) is 22.7 Å². The summed E-state index contributed by atoms with van der Waals surface area (Å²) < 4.78 is 38.0. The number of alkyl halides is 3. The van der Waals surface area contributed by atoms with Gasteiger partial charge in [0.2, 0.25) is 0 Å². The molecule has 1 aromatic rings. The summed E-state index contributed by atoms with van der Waals surface area (Å²) in [6.45, 7) is 3.36. The zero-order valence-corrected chi connectivity index (χ0v) is 11.5. The third-order valence-corrected chi connectivity index (χ3v) is 3.97. The maximum atomic E-state index is 12.5. The molecule has 0 spiro atoms. The van der Waals surface area contributed by atoms with Crippen LogP contribution in [0, 0.1) is 0 Å². The molecule has 1 aliphatic heterocycles. The molecule has 0 aliphatic carbocycles. The maximum absolute atomic E-state index is 12.5. The number of benzene rings is 1. The quantitative estimate of drug-likeness (QED) is 0.904. The molecule has 0 unspecified atom stereocenters. The molecule has 0 amide bonds. The molecule has 2 nitrogen and oxygen atoms in total. The van der Waals surface area contributed by atoms with Gasteiger partial charge in [-0.05, 0) is 40.5 Å². The van der Waals surface area contributed by atoms with Crippen LogP contribution in [0.3, 0.4) is 0 Å². The molecule has 1 aromatic carbocycles. The zero-order valence-electron chi connectivity index (χ0n) is 9.89. The summed E-state index contributed by atoms with van der Waals surface area (Å²) in [5.41, 5.74) is 5.95. The molecule has 6 heteroatoms. The molecule has 0 aromatic heterocycles. The average Bonchev–Trinajstić information content (AvgIpc) is 2.24. The van der Waals surface area contributed by atoms with Gasteiger partial charge in [-0.25, -0.2) is 0 Å². The Morgan fingerprint density at radius 2 is 2.00 bits per heavy atom. The first-order valence-corrected chi connectivity index (χ1v) is 6.45. The third kappa shape index (κ3) is 2.49. The maximum Gasteiger partial charge on any atom is 0.416 e. The van der Waals surface area contributed by atoms with Crippen molar-refractivity contribution in [2.75, 3.05) is 18.0 Å². The number of anilines is 1. The molecule has 1 saturated heterocycles. The Labute approximate surface area is 112 Å². The normalized spacial score (nSPS) is 18.7. The van der Waals surface area contributed by atoms with E-state index in [1.54, 1.807) is 0 Å². The summed E-state index contributed by atoms with van der Waals surface area (Å²) in [4.78, 5) is 1.98.